The van der Waals surface area contributed by atoms with Crippen LogP contribution in [0, 0.1) is 0 Å². The van der Waals surface area contributed by atoms with E-state index in [-0.39, 0.29) is 0 Å². The van der Waals surface area contributed by atoms with E-state index in [0.717, 1.165) is 44.1 Å². The molecule has 0 aliphatic rings. The lowest BCUT2D eigenvalue weighted by molar-refractivity contribution is 0.670. The van der Waals surface area contributed by atoms with Gasteiger partial charge in [-0.2, -0.15) is 0 Å². The second kappa shape index (κ2) is 7.83. The fourth-order valence-corrected chi connectivity index (χ4v) is 7.21. The number of nitrogens with one attached hydrogen (secondary N) is 1. The van der Waals surface area contributed by atoms with Crippen molar-refractivity contribution in [2.75, 3.05) is 0 Å². The van der Waals surface area contributed by atoms with Gasteiger partial charge in [0.2, 0.25) is 0 Å². The van der Waals surface area contributed by atoms with E-state index in [4.69, 9.17) is 4.42 Å². The summed E-state index contributed by atoms with van der Waals surface area (Å²) in [4.78, 5) is 3.62. The summed E-state index contributed by atoms with van der Waals surface area (Å²) in [5.74, 6) is 0. The Kier molecular flexibility index (Phi) is 4.24. The molecule has 0 atom stereocenters. The van der Waals surface area contributed by atoms with Gasteiger partial charge in [-0.25, -0.2) is 0 Å². The van der Waals surface area contributed by atoms with Crippen molar-refractivity contribution in [1.29, 1.82) is 0 Å². The molecule has 0 radical (unpaired) electrons. The standard InChI is InChI=1S/C36H21NOS/c1-3-10-33-25(6-1)27-9-5-8-24(36(27)38-33)23-13-16-32-29(20-23)28-18-21(12-15-31(28)37-32)22-14-17-35-30(19-22)26-7-2-4-11-34(26)39-35/h1-20,37H. The van der Waals surface area contributed by atoms with E-state index in [9.17, 15) is 0 Å². The minimum Gasteiger partial charge on any atom is -0.455 e. The molecular formula is C36H21NOS. The van der Waals surface area contributed by atoms with Crippen molar-refractivity contribution < 1.29 is 4.42 Å². The lowest BCUT2D eigenvalue weighted by Crippen LogP contribution is -1.80. The van der Waals surface area contributed by atoms with Crippen LogP contribution in [0.15, 0.2) is 126 Å². The summed E-state index contributed by atoms with van der Waals surface area (Å²) in [5.41, 5.74) is 8.89. The van der Waals surface area contributed by atoms with Gasteiger partial charge in [0, 0.05) is 58.3 Å². The van der Waals surface area contributed by atoms with Crippen molar-refractivity contribution in [2.24, 2.45) is 0 Å². The maximum atomic E-state index is 6.35. The largest absolute Gasteiger partial charge is 0.455 e. The van der Waals surface area contributed by atoms with E-state index in [1.54, 1.807) is 0 Å². The topological polar surface area (TPSA) is 28.9 Å². The van der Waals surface area contributed by atoms with Crippen molar-refractivity contribution in [3.63, 3.8) is 0 Å². The molecule has 0 saturated carbocycles. The Balaban J connectivity index is 1.23. The molecule has 0 spiro atoms. The molecule has 6 aromatic carbocycles. The number of hydrogen-bond acceptors (Lipinski definition) is 2. The first-order valence-corrected chi connectivity index (χ1v) is 14.0. The Morgan fingerprint density at radius 1 is 0.462 bits per heavy atom. The zero-order valence-electron chi connectivity index (χ0n) is 20.9. The quantitative estimate of drug-likeness (QED) is 0.244. The van der Waals surface area contributed by atoms with Crippen molar-refractivity contribution in [3.05, 3.63) is 121 Å². The van der Waals surface area contributed by atoms with Crippen LogP contribution in [-0.2, 0) is 0 Å². The second-order valence-corrected chi connectivity index (χ2v) is 11.3. The fourth-order valence-electron chi connectivity index (χ4n) is 6.12. The molecular weight excluding hydrogens is 494 g/mol. The molecule has 1 N–H and O–H groups in total. The van der Waals surface area contributed by atoms with Gasteiger partial charge in [0.15, 0.2) is 0 Å². The van der Waals surface area contributed by atoms with Crippen LogP contribution < -0.4 is 0 Å². The van der Waals surface area contributed by atoms with E-state index in [1.165, 1.54) is 42.1 Å². The number of aromatic amines is 1. The van der Waals surface area contributed by atoms with Crippen LogP contribution in [0.5, 0.6) is 0 Å². The first-order valence-electron chi connectivity index (χ1n) is 13.2. The molecule has 3 aromatic heterocycles. The molecule has 0 aliphatic heterocycles. The number of fused-ring (bicyclic) bond motifs is 9. The third-order valence-electron chi connectivity index (χ3n) is 8.02. The van der Waals surface area contributed by atoms with E-state index in [1.807, 2.05) is 23.5 Å². The summed E-state index contributed by atoms with van der Waals surface area (Å²) in [5, 5.41) is 7.42. The van der Waals surface area contributed by atoms with Crippen molar-refractivity contribution >= 4 is 75.3 Å². The van der Waals surface area contributed by atoms with Crippen LogP contribution in [0.4, 0.5) is 0 Å². The van der Waals surface area contributed by atoms with E-state index in [0.29, 0.717) is 0 Å². The summed E-state index contributed by atoms with van der Waals surface area (Å²) in [6, 6.07) is 43.7. The number of rotatable bonds is 2. The summed E-state index contributed by atoms with van der Waals surface area (Å²) in [6.07, 6.45) is 0. The summed E-state index contributed by atoms with van der Waals surface area (Å²) < 4.78 is 9.02. The molecule has 3 heterocycles. The van der Waals surface area contributed by atoms with E-state index in [2.05, 4.69) is 114 Å². The Labute approximate surface area is 227 Å². The van der Waals surface area contributed by atoms with Gasteiger partial charge in [-0.1, -0.05) is 72.8 Å². The van der Waals surface area contributed by atoms with Crippen LogP contribution in [0.3, 0.4) is 0 Å². The molecule has 9 aromatic rings. The Morgan fingerprint density at radius 3 is 1.97 bits per heavy atom. The number of furan rings is 1. The Bertz CT molecular complexity index is 2400. The highest BCUT2D eigenvalue weighted by Crippen LogP contribution is 2.40. The fraction of sp³-hybridized carbons (Fsp3) is 0. The number of para-hydroxylation sites is 2. The third-order valence-corrected chi connectivity index (χ3v) is 9.18. The van der Waals surface area contributed by atoms with Crippen molar-refractivity contribution in [1.82, 2.24) is 4.98 Å². The lowest BCUT2D eigenvalue weighted by atomic mass is 9.98. The smallest absolute Gasteiger partial charge is 0.143 e. The second-order valence-electron chi connectivity index (χ2n) is 10.2. The maximum absolute atomic E-state index is 6.35. The molecule has 0 amide bonds. The van der Waals surface area contributed by atoms with Crippen LogP contribution in [-0.4, -0.2) is 4.98 Å². The first kappa shape index (κ1) is 21.1. The molecule has 2 nitrogen and oxygen atoms in total. The van der Waals surface area contributed by atoms with Crippen LogP contribution in [0.1, 0.15) is 0 Å². The van der Waals surface area contributed by atoms with Gasteiger partial charge < -0.3 is 9.40 Å². The predicted molar refractivity (Wildman–Crippen MR) is 167 cm³/mol. The van der Waals surface area contributed by atoms with Gasteiger partial charge in [-0.05, 0) is 65.2 Å². The van der Waals surface area contributed by atoms with E-state index < -0.39 is 0 Å². The monoisotopic (exact) mass is 515 g/mol. The number of benzene rings is 6. The highest BCUT2D eigenvalue weighted by Gasteiger charge is 2.14. The number of hydrogen-bond donors (Lipinski definition) is 1. The van der Waals surface area contributed by atoms with Gasteiger partial charge in [0.1, 0.15) is 11.2 Å². The average Bonchev–Trinajstić information content (AvgIpc) is 3.67. The summed E-state index contributed by atoms with van der Waals surface area (Å²) in [6.45, 7) is 0. The number of aromatic nitrogens is 1. The molecule has 39 heavy (non-hydrogen) atoms. The lowest BCUT2D eigenvalue weighted by Gasteiger charge is -2.05. The minimum absolute atomic E-state index is 0.924. The van der Waals surface area contributed by atoms with Crippen LogP contribution >= 0.6 is 11.3 Å². The zero-order chi connectivity index (χ0) is 25.5. The highest BCUT2D eigenvalue weighted by atomic mass is 32.1. The average molecular weight is 516 g/mol. The number of H-pyrrole nitrogens is 1. The van der Waals surface area contributed by atoms with Crippen LogP contribution in [0.25, 0.3) is 86.2 Å². The molecule has 0 fully saturated rings. The summed E-state index contributed by atoms with van der Waals surface area (Å²) >= 11 is 1.86. The maximum Gasteiger partial charge on any atom is 0.143 e. The highest BCUT2D eigenvalue weighted by molar-refractivity contribution is 7.25. The molecule has 182 valence electrons. The number of thiophene rings is 1. The third kappa shape index (κ3) is 3.08. The van der Waals surface area contributed by atoms with E-state index >= 15 is 0 Å². The van der Waals surface area contributed by atoms with Gasteiger partial charge in [0.25, 0.3) is 0 Å². The van der Waals surface area contributed by atoms with Gasteiger partial charge in [-0.3, -0.25) is 0 Å². The minimum atomic E-state index is 0.924. The van der Waals surface area contributed by atoms with Gasteiger partial charge in [0.05, 0.1) is 0 Å². The molecule has 0 bridgehead atoms. The molecule has 0 aliphatic carbocycles. The van der Waals surface area contributed by atoms with Crippen LogP contribution in [0.2, 0.25) is 0 Å². The Morgan fingerprint density at radius 2 is 1.10 bits per heavy atom. The zero-order valence-corrected chi connectivity index (χ0v) is 21.7. The molecule has 3 heteroatoms. The van der Waals surface area contributed by atoms with Crippen molar-refractivity contribution in [3.8, 4) is 22.3 Å². The predicted octanol–water partition coefficient (Wildman–Crippen LogP) is 10.9. The summed E-state index contributed by atoms with van der Waals surface area (Å²) in [7, 11) is 0. The SMILES string of the molecule is c1ccc2c(c1)oc1c(-c3ccc4[nH]c5ccc(-c6ccc7sc8ccccc8c7c6)cc5c4c3)cccc12. The van der Waals surface area contributed by atoms with Gasteiger partial charge in [-0.15, -0.1) is 11.3 Å². The molecule has 0 unspecified atom stereocenters. The van der Waals surface area contributed by atoms with Crippen molar-refractivity contribution in [2.45, 2.75) is 0 Å². The molecule has 9 rings (SSSR count). The molecule has 0 saturated heterocycles. The van der Waals surface area contributed by atoms with Gasteiger partial charge >= 0.3 is 0 Å². The normalized spacial score (nSPS) is 12.1. The first-order chi connectivity index (χ1) is 19.3. The Hall–Kier alpha value is -4.86.